The summed E-state index contributed by atoms with van der Waals surface area (Å²) in [5.41, 5.74) is 1.28. The van der Waals surface area contributed by atoms with Crippen LogP contribution < -0.4 is 4.18 Å². The van der Waals surface area contributed by atoms with Gasteiger partial charge in [0.15, 0.2) is 0 Å². The van der Waals surface area contributed by atoms with E-state index >= 15 is 0 Å². The van der Waals surface area contributed by atoms with Crippen molar-refractivity contribution in [3.05, 3.63) is 99.4 Å². The van der Waals surface area contributed by atoms with E-state index in [1.165, 1.54) is 18.2 Å². The van der Waals surface area contributed by atoms with Crippen LogP contribution in [0.5, 0.6) is 5.75 Å². The number of benzene rings is 3. The first kappa shape index (κ1) is 25.8. The molecule has 8 nitrogen and oxygen atoms in total. The Morgan fingerprint density at radius 3 is 2.26 bits per heavy atom. The average Bonchev–Trinajstić information content (AvgIpc) is 2.79. The third kappa shape index (κ3) is 6.63. The Morgan fingerprint density at radius 2 is 1.69 bits per heavy atom. The van der Waals surface area contributed by atoms with Crippen LogP contribution in [0, 0.1) is 28.8 Å². The number of hydrogen-bond donors (Lipinski definition) is 0. The van der Waals surface area contributed by atoms with Crippen molar-refractivity contribution in [2.24, 2.45) is 5.92 Å². The van der Waals surface area contributed by atoms with Gasteiger partial charge in [0.1, 0.15) is 16.5 Å². The molecular weight excluding hydrogens is 475 g/mol. The second-order valence-corrected chi connectivity index (χ2v) is 10.0. The zero-order valence-electron chi connectivity index (χ0n) is 19.5. The molecule has 0 saturated carbocycles. The van der Waals surface area contributed by atoms with Gasteiger partial charge in [-0.1, -0.05) is 32.0 Å². The fraction of sp³-hybridized carbons (Fsp3) is 0.240. The summed E-state index contributed by atoms with van der Waals surface area (Å²) in [6.07, 6.45) is 0. The van der Waals surface area contributed by atoms with Crippen molar-refractivity contribution in [3.8, 4) is 5.75 Å². The Morgan fingerprint density at radius 1 is 1.06 bits per heavy atom. The summed E-state index contributed by atoms with van der Waals surface area (Å²) >= 11 is 0. The number of aryl methyl sites for hydroxylation is 1. The van der Waals surface area contributed by atoms with Gasteiger partial charge in [-0.3, -0.25) is 14.9 Å². The van der Waals surface area contributed by atoms with Gasteiger partial charge in [0.05, 0.1) is 4.92 Å². The number of carbonyl (C=O) groups excluding carboxylic acids is 1. The van der Waals surface area contributed by atoms with Gasteiger partial charge < -0.3 is 9.08 Å². The van der Waals surface area contributed by atoms with Crippen molar-refractivity contribution in [2.45, 2.75) is 32.2 Å². The zero-order chi connectivity index (χ0) is 25.8. The maximum absolute atomic E-state index is 13.2. The van der Waals surface area contributed by atoms with E-state index in [0.717, 1.165) is 24.3 Å². The van der Waals surface area contributed by atoms with Crippen LogP contribution in [0.15, 0.2) is 71.6 Å². The maximum Gasteiger partial charge on any atom is 0.339 e. The largest absolute Gasteiger partial charge is 0.379 e. The van der Waals surface area contributed by atoms with Crippen molar-refractivity contribution >= 4 is 21.7 Å². The molecule has 0 heterocycles. The van der Waals surface area contributed by atoms with E-state index in [9.17, 15) is 27.7 Å². The average molecular weight is 501 g/mol. The Hall–Kier alpha value is -3.79. The van der Waals surface area contributed by atoms with Gasteiger partial charge in [-0.2, -0.15) is 8.42 Å². The third-order valence-corrected chi connectivity index (χ3v) is 6.39. The van der Waals surface area contributed by atoms with Gasteiger partial charge >= 0.3 is 10.1 Å². The predicted octanol–water partition coefficient (Wildman–Crippen LogP) is 5.11. The molecule has 0 atom stereocenters. The number of nitro benzene ring substituents is 1. The van der Waals surface area contributed by atoms with Gasteiger partial charge in [0.2, 0.25) is 0 Å². The minimum atomic E-state index is -4.13. The highest BCUT2D eigenvalue weighted by atomic mass is 32.2. The highest BCUT2D eigenvalue weighted by Gasteiger charge is 2.21. The fourth-order valence-corrected chi connectivity index (χ4v) is 4.36. The molecule has 3 aromatic rings. The Balaban J connectivity index is 1.78. The standard InChI is InChI=1S/C25H25FN2O6S/c1-17(2)15-27(25(29)20-7-4-18(3)24(14-20)28(30)31)16-19-5-10-22(11-6-19)34-35(32,33)23-12-8-21(26)9-13-23/h4-14,17H,15-16H2,1-3H3. The first-order valence-electron chi connectivity index (χ1n) is 10.8. The van der Waals surface area contributed by atoms with E-state index in [1.54, 1.807) is 36.1 Å². The summed E-state index contributed by atoms with van der Waals surface area (Å²) in [5, 5.41) is 11.3. The number of carbonyl (C=O) groups is 1. The Labute approximate surface area is 203 Å². The van der Waals surface area contributed by atoms with E-state index in [2.05, 4.69) is 0 Å². The van der Waals surface area contributed by atoms with Crippen molar-refractivity contribution < 1.29 is 26.7 Å². The number of hydrogen-bond acceptors (Lipinski definition) is 6. The lowest BCUT2D eigenvalue weighted by Crippen LogP contribution is -2.33. The molecule has 0 aliphatic rings. The van der Waals surface area contributed by atoms with Crippen LogP contribution in [0.4, 0.5) is 10.1 Å². The molecule has 0 aliphatic carbocycles. The highest BCUT2D eigenvalue weighted by Crippen LogP contribution is 2.23. The molecule has 3 rings (SSSR count). The van der Waals surface area contributed by atoms with Gasteiger partial charge in [0, 0.05) is 30.3 Å². The molecule has 0 fully saturated rings. The van der Waals surface area contributed by atoms with Crippen LogP contribution in [0.1, 0.15) is 35.3 Å². The minimum Gasteiger partial charge on any atom is -0.379 e. The fourth-order valence-electron chi connectivity index (χ4n) is 3.43. The molecular formula is C25H25FN2O6S. The lowest BCUT2D eigenvalue weighted by molar-refractivity contribution is -0.385. The van der Waals surface area contributed by atoms with Crippen LogP contribution in [-0.4, -0.2) is 30.7 Å². The maximum atomic E-state index is 13.2. The van der Waals surface area contributed by atoms with Gasteiger partial charge in [-0.15, -0.1) is 0 Å². The van der Waals surface area contributed by atoms with Gasteiger partial charge in [0.25, 0.3) is 11.6 Å². The molecule has 35 heavy (non-hydrogen) atoms. The molecule has 184 valence electrons. The lowest BCUT2D eigenvalue weighted by atomic mass is 10.1. The summed E-state index contributed by atoms with van der Waals surface area (Å²) in [4.78, 5) is 25.4. The summed E-state index contributed by atoms with van der Waals surface area (Å²) in [6.45, 7) is 6.14. The number of amides is 1. The zero-order valence-corrected chi connectivity index (χ0v) is 20.3. The van der Waals surface area contributed by atoms with E-state index in [-0.39, 0.29) is 40.3 Å². The normalized spacial score (nSPS) is 11.3. The SMILES string of the molecule is Cc1ccc(C(=O)N(Cc2ccc(OS(=O)(=O)c3ccc(F)cc3)cc2)CC(C)C)cc1[N+](=O)[O-]. The molecule has 0 radical (unpaired) electrons. The topological polar surface area (TPSA) is 107 Å². The molecule has 0 saturated heterocycles. The van der Waals surface area contributed by atoms with Crippen molar-refractivity contribution in [1.82, 2.24) is 4.90 Å². The second-order valence-electron chi connectivity index (χ2n) is 8.47. The lowest BCUT2D eigenvalue weighted by Gasteiger charge is -2.25. The summed E-state index contributed by atoms with van der Waals surface area (Å²) in [7, 11) is -4.13. The quantitative estimate of drug-likeness (QED) is 0.230. The number of nitrogens with zero attached hydrogens (tertiary/aromatic N) is 2. The van der Waals surface area contributed by atoms with Crippen LogP contribution in [0.3, 0.4) is 0 Å². The molecule has 0 unspecified atom stereocenters. The Kier molecular flexibility index (Phi) is 7.85. The molecule has 10 heteroatoms. The number of rotatable bonds is 9. The van der Waals surface area contributed by atoms with Gasteiger partial charge in [-0.25, -0.2) is 4.39 Å². The first-order valence-corrected chi connectivity index (χ1v) is 12.2. The molecule has 3 aromatic carbocycles. The summed E-state index contributed by atoms with van der Waals surface area (Å²) in [6, 6.07) is 14.9. The highest BCUT2D eigenvalue weighted by molar-refractivity contribution is 7.87. The van der Waals surface area contributed by atoms with Crippen molar-refractivity contribution in [1.29, 1.82) is 0 Å². The summed E-state index contributed by atoms with van der Waals surface area (Å²) in [5.74, 6) is -0.702. The van der Waals surface area contributed by atoms with E-state index in [1.807, 2.05) is 13.8 Å². The van der Waals surface area contributed by atoms with E-state index < -0.39 is 20.9 Å². The van der Waals surface area contributed by atoms with Crippen LogP contribution in [0.2, 0.25) is 0 Å². The van der Waals surface area contributed by atoms with Gasteiger partial charge in [-0.05, 0) is 60.9 Å². The van der Waals surface area contributed by atoms with E-state index in [0.29, 0.717) is 17.7 Å². The Bertz CT molecular complexity index is 1320. The monoisotopic (exact) mass is 500 g/mol. The number of nitro groups is 1. The van der Waals surface area contributed by atoms with Crippen molar-refractivity contribution in [3.63, 3.8) is 0 Å². The minimum absolute atomic E-state index is 0.0639. The van der Waals surface area contributed by atoms with Crippen LogP contribution in [0.25, 0.3) is 0 Å². The second kappa shape index (κ2) is 10.6. The predicted molar refractivity (Wildman–Crippen MR) is 128 cm³/mol. The first-order chi connectivity index (χ1) is 16.5. The third-order valence-electron chi connectivity index (χ3n) is 5.13. The number of halogens is 1. The molecule has 0 aliphatic heterocycles. The molecule has 0 bridgehead atoms. The molecule has 1 amide bonds. The van der Waals surface area contributed by atoms with Crippen molar-refractivity contribution in [2.75, 3.05) is 6.54 Å². The molecule has 0 aromatic heterocycles. The van der Waals surface area contributed by atoms with E-state index in [4.69, 9.17) is 4.18 Å². The van der Waals surface area contributed by atoms with Crippen LogP contribution in [-0.2, 0) is 16.7 Å². The smallest absolute Gasteiger partial charge is 0.339 e. The summed E-state index contributed by atoms with van der Waals surface area (Å²) < 4.78 is 43.0. The van der Waals surface area contributed by atoms with Crippen LogP contribution >= 0.6 is 0 Å². The molecule has 0 spiro atoms. The molecule has 0 N–H and O–H groups in total.